The standard InChI is InChI=1S/C31H57NO10/c1-2-3-4-5-8-11-33-12-13-34-14-15-35-16-17-36-18-19-37-20-21-38-22-23-39-24-25-40-26-27-41-28-29-42-31-10-7-6-9-30(31)32/h6-7,9-10H,2-5,8,11-29,32H2,1H3. The highest BCUT2D eigenvalue weighted by Crippen LogP contribution is 2.19. The summed E-state index contributed by atoms with van der Waals surface area (Å²) in [6, 6.07) is 7.39. The molecule has 1 rings (SSSR count). The molecular formula is C31H57NO10. The number of ether oxygens (including phenoxy) is 10. The number of rotatable bonds is 34. The number of nitrogens with two attached hydrogens (primary N) is 1. The van der Waals surface area contributed by atoms with Crippen molar-refractivity contribution in [3.8, 4) is 5.75 Å². The van der Waals surface area contributed by atoms with Crippen LogP contribution in [0, 0.1) is 0 Å². The van der Waals surface area contributed by atoms with Crippen LogP contribution in [0.15, 0.2) is 24.3 Å². The third-order valence-electron chi connectivity index (χ3n) is 5.77. The minimum Gasteiger partial charge on any atom is -0.489 e. The molecule has 0 spiro atoms. The Balaban J connectivity index is 1.63. The first-order valence-corrected chi connectivity index (χ1v) is 15.5. The Labute approximate surface area is 253 Å². The molecule has 1 aromatic rings. The van der Waals surface area contributed by atoms with Crippen LogP contribution in [0.4, 0.5) is 5.69 Å². The Morgan fingerprint density at radius 3 is 1.12 bits per heavy atom. The topological polar surface area (TPSA) is 118 Å². The van der Waals surface area contributed by atoms with Crippen molar-refractivity contribution < 1.29 is 47.4 Å². The molecule has 2 N–H and O–H groups in total. The molecule has 11 nitrogen and oxygen atoms in total. The van der Waals surface area contributed by atoms with Crippen LogP contribution >= 0.6 is 0 Å². The summed E-state index contributed by atoms with van der Waals surface area (Å²) in [5.41, 5.74) is 6.44. The Kier molecular flexibility index (Phi) is 29.7. The summed E-state index contributed by atoms with van der Waals surface area (Å²) in [5, 5.41) is 0. The van der Waals surface area contributed by atoms with Gasteiger partial charge in [-0.25, -0.2) is 0 Å². The van der Waals surface area contributed by atoms with E-state index in [9.17, 15) is 0 Å². The van der Waals surface area contributed by atoms with Crippen molar-refractivity contribution in [2.45, 2.75) is 39.0 Å². The summed E-state index contributed by atoms with van der Waals surface area (Å²) in [6.07, 6.45) is 6.28. The summed E-state index contributed by atoms with van der Waals surface area (Å²) < 4.78 is 55.0. The van der Waals surface area contributed by atoms with Crippen molar-refractivity contribution in [1.82, 2.24) is 0 Å². The van der Waals surface area contributed by atoms with Gasteiger partial charge in [0.05, 0.1) is 118 Å². The molecule has 0 aliphatic heterocycles. The van der Waals surface area contributed by atoms with E-state index < -0.39 is 0 Å². The van der Waals surface area contributed by atoms with Gasteiger partial charge in [0.25, 0.3) is 0 Å². The monoisotopic (exact) mass is 603 g/mol. The fourth-order valence-electron chi connectivity index (χ4n) is 3.49. The van der Waals surface area contributed by atoms with Gasteiger partial charge in [0.15, 0.2) is 0 Å². The number of hydrogen-bond acceptors (Lipinski definition) is 11. The lowest BCUT2D eigenvalue weighted by molar-refractivity contribution is -0.0254. The van der Waals surface area contributed by atoms with E-state index in [4.69, 9.17) is 53.1 Å². The molecule has 0 saturated carbocycles. The predicted octanol–water partition coefficient (Wildman–Crippen LogP) is 3.77. The first-order valence-electron chi connectivity index (χ1n) is 15.5. The lowest BCUT2D eigenvalue weighted by atomic mass is 10.2. The van der Waals surface area contributed by atoms with Gasteiger partial charge in [-0.2, -0.15) is 0 Å². The van der Waals surface area contributed by atoms with Crippen molar-refractivity contribution in [3.63, 3.8) is 0 Å². The molecule has 0 aliphatic carbocycles. The highest BCUT2D eigenvalue weighted by Gasteiger charge is 1.99. The minimum atomic E-state index is 0.443. The summed E-state index contributed by atoms with van der Waals surface area (Å²) in [6.45, 7) is 12.6. The molecule has 0 atom stereocenters. The van der Waals surface area contributed by atoms with Crippen LogP contribution in [-0.2, 0) is 42.6 Å². The van der Waals surface area contributed by atoms with Crippen LogP contribution in [0.1, 0.15) is 39.0 Å². The van der Waals surface area contributed by atoms with Gasteiger partial charge in [0.2, 0.25) is 0 Å². The van der Waals surface area contributed by atoms with Gasteiger partial charge in [-0.3, -0.25) is 0 Å². The Hall–Kier alpha value is -1.54. The second-order valence-electron chi connectivity index (χ2n) is 9.31. The lowest BCUT2D eigenvalue weighted by Gasteiger charge is -2.09. The fourth-order valence-corrected chi connectivity index (χ4v) is 3.49. The molecule has 0 fully saturated rings. The summed E-state index contributed by atoms with van der Waals surface area (Å²) in [5.74, 6) is 0.673. The van der Waals surface area contributed by atoms with E-state index in [1.807, 2.05) is 18.2 Å². The van der Waals surface area contributed by atoms with Crippen molar-refractivity contribution in [2.24, 2.45) is 0 Å². The Morgan fingerprint density at radius 2 is 0.738 bits per heavy atom. The molecule has 0 aromatic heterocycles. The average Bonchev–Trinajstić information content (AvgIpc) is 3.00. The highest BCUT2D eigenvalue weighted by atomic mass is 16.6. The van der Waals surface area contributed by atoms with Crippen molar-refractivity contribution in [3.05, 3.63) is 24.3 Å². The van der Waals surface area contributed by atoms with Gasteiger partial charge in [-0.15, -0.1) is 0 Å². The molecule has 246 valence electrons. The van der Waals surface area contributed by atoms with E-state index in [2.05, 4.69) is 6.92 Å². The Bertz CT molecular complexity index is 670. The zero-order valence-electron chi connectivity index (χ0n) is 25.9. The number of benzene rings is 1. The molecule has 0 heterocycles. The molecule has 1 aromatic carbocycles. The third-order valence-corrected chi connectivity index (χ3v) is 5.77. The molecule has 0 saturated heterocycles. The number of nitrogen functional groups attached to an aromatic ring is 1. The molecule has 0 bridgehead atoms. The molecule has 0 unspecified atom stereocenters. The second-order valence-corrected chi connectivity index (χ2v) is 9.31. The molecule has 42 heavy (non-hydrogen) atoms. The second kappa shape index (κ2) is 32.4. The van der Waals surface area contributed by atoms with Gasteiger partial charge in [-0.05, 0) is 18.6 Å². The maximum Gasteiger partial charge on any atom is 0.142 e. The quantitative estimate of drug-likeness (QED) is 0.0916. The van der Waals surface area contributed by atoms with E-state index in [1.54, 1.807) is 6.07 Å². The number of hydrogen-bond donors (Lipinski definition) is 1. The zero-order chi connectivity index (χ0) is 30.0. The molecule has 0 radical (unpaired) electrons. The van der Waals surface area contributed by atoms with Gasteiger partial charge >= 0.3 is 0 Å². The summed E-state index contributed by atoms with van der Waals surface area (Å²) >= 11 is 0. The summed E-state index contributed by atoms with van der Waals surface area (Å²) in [7, 11) is 0. The number of unbranched alkanes of at least 4 members (excludes halogenated alkanes) is 4. The first kappa shape index (κ1) is 38.5. The van der Waals surface area contributed by atoms with Crippen LogP contribution in [0.25, 0.3) is 0 Å². The van der Waals surface area contributed by atoms with Crippen molar-refractivity contribution in [1.29, 1.82) is 0 Å². The largest absolute Gasteiger partial charge is 0.489 e. The van der Waals surface area contributed by atoms with Crippen LogP contribution in [0.5, 0.6) is 5.75 Å². The minimum absolute atomic E-state index is 0.443. The van der Waals surface area contributed by atoms with E-state index in [0.717, 1.165) is 13.0 Å². The van der Waals surface area contributed by atoms with Crippen LogP contribution in [0.2, 0.25) is 0 Å². The first-order chi connectivity index (χ1) is 20.8. The van der Waals surface area contributed by atoms with Crippen LogP contribution < -0.4 is 10.5 Å². The van der Waals surface area contributed by atoms with Crippen molar-refractivity contribution in [2.75, 3.05) is 131 Å². The molecule has 11 heteroatoms. The SMILES string of the molecule is CCCCCCCOCCOCCOCCOCCOCCOCCOCCOCCOCCOc1ccccc1N. The van der Waals surface area contributed by atoms with E-state index in [1.165, 1.54) is 25.7 Å². The smallest absolute Gasteiger partial charge is 0.142 e. The fraction of sp³-hybridized carbons (Fsp3) is 0.806. The van der Waals surface area contributed by atoms with Crippen LogP contribution in [-0.4, -0.2) is 126 Å². The number of para-hydroxylation sites is 2. The van der Waals surface area contributed by atoms with Crippen LogP contribution in [0.3, 0.4) is 0 Å². The molecule has 0 aliphatic rings. The highest BCUT2D eigenvalue weighted by molar-refractivity contribution is 5.51. The molecule has 0 amide bonds. The maximum atomic E-state index is 5.82. The third kappa shape index (κ3) is 27.3. The normalized spacial score (nSPS) is 11.4. The van der Waals surface area contributed by atoms with E-state index in [-0.39, 0.29) is 0 Å². The Morgan fingerprint density at radius 1 is 0.405 bits per heavy atom. The van der Waals surface area contributed by atoms with Crippen molar-refractivity contribution >= 4 is 5.69 Å². The zero-order valence-corrected chi connectivity index (χ0v) is 25.9. The van der Waals surface area contributed by atoms with Gasteiger partial charge in [-0.1, -0.05) is 44.7 Å². The van der Waals surface area contributed by atoms with E-state index >= 15 is 0 Å². The van der Waals surface area contributed by atoms with Gasteiger partial charge in [0, 0.05) is 6.61 Å². The average molecular weight is 604 g/mol. The van der Waals surface area contributed by atoms with Gasteiger partial charge in [0.1, 0.15) is 12.4 Å². The maximum absolute atomic E-state index is 5.82. The summed E-state index contributed by atoms with van der Waals surface area (Å²) in [4.78, 5) is 0. The van der Waals surface area contributed by atoms with E-state index in [0.29, 0.717) is 130 Å². The number of anilines is 1. The lowest BCUT2D eigenvalue weighted by Crippen LogP contribution is -2.15. The predicted molar refractivity (Wildman–Crippen MR) is 162 cm³/mol. The molecular weight excluding hydrogens is 546 g/mol. The van der Waals surface area contributed by atoms with Gasteiger partial charge < -0.3 is 53.1 Å².